The van der Waals surface area contributed by atoms with Gasteiger partial charge in [0.2, 0.25) is 5.85 Å². The first-order valence-electron chi connectivity index (χ1n) is 12.0. The van der Waals surface area contributed by atoms with Crippen LogP contribution >= 0.6 is 0 Å². The minimum atomic E-state index is -1.83. The molecule has 0 aromatic carbocycles. The van der Waals surface area contributed by atoms with Gasteiger partial charge in [-0.05, 0) is 72.8 Å². The fourth-order valence-corrected chi connectivity index (χ4v) is 2.95. The number of alkyl halides is 1. The molecule has 1 aromatic heterocycles. The Morgan fingerprint density at radius 1 is 1.09 bits per heavy atom. The summed E-state index contributed by atoms with van der Waals surface area (Å²) in [6.07, 6.45) is 5.44. The molecule has 0 bridgehead atoms. The van der Waals surface area contributed by atoms with E-state index in [1.807, 2.05) is 13.0 Å². The Bertz CT molecular complexity index is 874. The van der Waals surface area contributed by atoms with Crippen LogP contribution in [0.5, 0.6) is 0 Å². The lowest BCUT2D eigenvalue weighted by molar-refractivity contribution is -0.171. The number of unbranched alkanes of at least 4 members (excludes halogenated alkanes) is 1. The molecule has 7 heteroatoms. The van der Waals surface area contributed by atoms with Crippen molar-refractivity contribution in [1.82, 2.24) is 9.97 Å². The van der Waals surface area contributed by atoms with Crippen molar-refractivity contribution >= 4 is 17.8 Å². The number of ketones is 1. The molecule has 1 rings (SSSR count). The van der Waals surface area contributed by atoms with Crippen molar-refractivity contribution in [3.63, 3.8) is 0 Å². The van der Waals surface area contributed by atoms with Crippen molar-refractivity contribution in [2.45, 2.75) is 106 Å². The van der Waals surface area contributed by atoms with Crippen molar-refractivity contribution in [3.05, 3.63) is 28.9 Å². The third kappa shape index (κ3) is 11.3. The normalized spacial score (nSPS) is 14.1. The van der Waals surface area contributed by atoms with Gasteiger partial charge in [0.05, 0.1) is 30.1 Å². The minimum absolute atomic E-state index is 0.0325. The number of rotatable bonds is 11. The van der Waals surface area contributed by atoms with E-state index in [2.05, 4.69) is 37.7 Å². The van der Waals surface area contributed by atoms with Crippen molar-refractivity contribution in [2.75, 3.05) is 6.61 Å². The van der Waals surface area contributed by atoms with Crippen LogP contribution in [0.3, 0.4) is 0 Å². The molecular formula is C27H43FN2O4. The Balaban J connectivity index is 2.71. The monoisotopic (exact) mass is 478 g/mol. The van der Waals surface area contributed by atoms with Gasteiger partial charge in [-0.2, -0.15) is 0 Å². The average molecular weight is 479 g/mol. The van der Waals surface area contributed by atoms with Gasteiger partial charge in [0.25, 0.3) is 0 Å². The molecule has 0 radical (unpaired) electrons. The third-order valence-corrected chi connectivity index (χ3v) is 5.38. The molecule has 0 amide bonds. The first kappa shape index (κ1) is 29.9. The van der Waals surface area contributed by atoms with E-state index in [1.165, 1.54) is 25.6 Å². The average Bonchev–Trinajstić information content (AvgIpc) is 2.65. The highest BCUT2D eigenvalue weighted by Crippen LogP contribution is 2.26. The van der Waals surface area contributed by atoms with Gasteiger partial charge < -0.3 is 9.47 Å². The van der Waals surface area contributed by atoms with Crippen molar-refractivity contribution in [3.8, 4) is 0 Å². The van der Waals surface area contributed by atoms with Gasteiger partial charge in [0.1, 0.15) is 11.3 Å². The van der Waals surface area contributed by atoms with Crippen LogP contribution in [-0.2, 0) is 14.3 Å². The molecule has 0 N–H and O–H groups in total. The number of ether oxygens (including phenoxy) is 2. The van der Waals surface area contributed by atoms with Gasteiger partial charge in [0, 0.05) is 6.42 Å². The molecule has 0 spiro atoms. The second kappa shape index (κ2) is 12.0. The highest BCUT2D eigenvalue weighted by atomic mass is 19.2. The molecule has 0 aliphatic heterocycles. The molecule has 0 fully saturated rings. The zero-order valence-corrected chi connectivity index (χ0v) is 22.7. The van der Waals surface area contributed by atoms with Gasteiger partial charge in [-0.25, -0.2) is 9.37 Å². The number of hydrogen-bond acceptors (Lipinski definition) is 6. The van der Waals surface area contributed by atoms with E-state index in [4.69, 9.17) is 9.47 Å². The summed E-state index contributed by atoms with van der Waals surface area (Å²) in [5.74, 6) is -2.93. The number of nitrogens with zero attached hydrogens (tertiary/aromatic N) is 2. The standard InChI is InChI=1S/C27H43FN2O4/c1-18(25(3,4)5)15-21-19(2)30-22(16-29-21)23(31)14-12-11-13-20(17-33-27(9,10)28)24(32)34-26(6,7)8/h15-16,20H,11-14,17H2,1-10H3/b18-15+. The molecule has 1 aromatic rings. The zero-order valence-electron chi connectivity index (χ0n) is 22.7. The topological polar surface area (TPSA) is 78.4 Å². The minimum Gasteiger partial charge on any atom is -0.460 e. The summed E-state index contributed by atoms with van der Waals surface area (Å²) in [5, 5.41) is 0. The number of carbonyl (C=O) groups excluding carboxylic acids is 2. The number of esters is 1. The summed E-state index contributed by atoms with van der Waals surface area (Å²) in [5.41, 5.74) is 2.40. The Hall–Kier alpha value is -2.15. The smallest absolute Gasteiger partial charge is 0.311 e. The quantitative estimate of drug-likeness (QED) is 0.201. The Kier molecular flexibility index (Phi) is 10.6. The molecule has 6 nitrogen and oxygen atoms in total. The maximum absolute atomic E-state index is 13.8. The van der Waals surface area contributed by atoms with Crippen LogP contribution in [0.1, 0.15) is 110 Å². The molecular weight excluding hydrogens is 435 g/mol. The number of hydrogen-bond donors (Lipinski definition) is 0. The summed E-state index contributed by atoms with van der Waals surface area (Å²) in [6, 6.07) is 0. The highest BCUT2D eigenvalue weighted by molar-refractivity contribution is 5.94. The first-order chi connectivity index (χ1) is 15.4. The van der Waals surface area contributed by atoms with Crippen LogP contribution < -0.4 is 0 Å². The molecule has 1 unspecified atom stereocenters. The maximum atomic E-state index is 13.8. The number of Topliss-reactive ketones (excluding diaryl/α,β-unsaturated/α-hetero) is 1. The SMILES string of the molecule is C/C(=C\c1ncc(C(=O)CCCCC(COC(C)(C)F)C(=O)OC(C)(C)C)nc1C)C(C)(C)C. The lowest BCUT2D eigenvalue weighted by Crippen LogP contribution is -2.33. The van der Waals surface area contributed by atoms with Crippen molar-refractivity contribution in [1.29, 1.82) is 0 Å². The number of aromatic nitrogens is 2. The molecule has 0 aliphatic carbocycles. The predicted octanol–water partition coefficient (Wildman–Crippen LogP) is 6.66. The van der Waals surface area contributed by atoms with Crippen LogP contribution in [0.15, 0.2) is 11.8 Å². The van der Waals surface area contributed by atoms with E-state index >= 15 is 0 Å². The van der Waals surface area contributed by atoms with Crippen LogP contribution in [-0.4, -0.2) is 39.8 Å². The lowest BCUT2D eigenvalue weighted by Gasteiger charge is -2.25. The number of halogens is 1. The number of allylic oxidation sites excluding steroid dienone is 1. The number of carbonyl (C=O) groups is 2. The van der Waals surface area contributed by atoms with Gasteiger partial charge in [0.15, 0.2) is 5.78 Å². The molecule has 0 saturated carbocycles. The second-order valence-corrected chi connectivity index (χ2v) is 11.4. The summed E-state index contributed by atoms with van der Waals surface area (Å²) in [6.45, 7) is 18.2. The van der Waals surface area contributed by atoms with E-state index < -0.39 is 23.3 Å². The first-order valence-corrected chi connectivity index (χ1v) is 12.0. The molecule has 34 heavy (non-hydrogen) atoms. The third-order valence-electron chi connectivity index (χ3n) is 5.38. The molecule has 1 heterocycles. The van der Waals surface area contributed by atoms with Crippen molar-refractivity contribution in [2.24, 2.45) is 11.3 Å². The van der Waals surface area contributed by atoms with Crippen LogP contribution in [0.2, 0.25) is 0 Å². The second-order valence-electron chi connectivity index (χ2n) is 11.4. The fraction of sp³-hybridized carbons (Fsp3) is 0.704. The van der Waals surface area contributed by atoms with E-state index in [0.29, 0.717) is 37.1 Å². The highest BCUT2D eigenvalue weighted by Gasteiger charge is 2.28. The molecule has 1 atom stereocenters. The van der Waals surface area contributed by atoms with E-state index in [1.54, 1.807) is 20.8 Å². The Labute approximate surface area is 204 Å². The van der Waals surface area contributed by atoms with Gasteiger partial charge in [-0.1, -0.05) is 32.8 Å². The van der Waals surface area contributed by atoms with Gasteiger partial charge in [-0.15, -0.1) is 0 Å². The number of aryl methyl sites for hydroxylation is 1. The maximum Gasteiger partial charge on any atom is 0.311 e. The van der Waals surface area contributed by atoms with E-state index in [9.17, 15) is 14.0 Å². The molecule has 0 aliphatic rings. The van der Waals surface area contributed by atoms with Gasteiger partial charge >= 0.3 is 5.97 Å². The largest absolute Gasteiger partial charge is 0.460 e. The summed E-state index contributed by atoms with van der Waals surface area (Å²) in [4.78, 5) is 34.0. The Morgan fingerprint density at radius 2 is 1.71 bits per heavy atom. The summed E-state index contributed by atoms with van der Waals surface area (Å²) >= 11 is 0. The van der Waals surface area contributed by atoms with E-state index in [0.717, 1.165) is 5.69 Å². The zero-order chi connectivity index (χ0) is 26.3. The fourth-order valence-electron chi connectivity index (χ4n) is 2.95. The van der Waals surface area contributed by atoms with Crippen LogP contribution in [0.25, 0.3) is 6.08 Å². The lowest BCUT2D eigenvalue weighted by atomic mass is 9.87. The van der Waals surface area contributed by atoms with Crippen LogP contribution in [0.4, 0.5) is 4.39 Å². The summed E-state index contributed by atoms with van der Waals surface area (Å²) < 4.78 is 24.4. The van der Waals surface area contributed by atoms with E-state index in [-0.39, 0.29) is 17.8 Å². The predicted molar refractivity (Wildman–Crippen MR) is 133 cm³/mol. The molecule has 192 valence electrons. The summed E-state index contributed by atoms with van der Waals surface area (Å²) in [7, 11) is 0. The Morgan fingerprint density at radius 3 is 2.21 bits per heavy atom. The van der Waals surface area contributed by atoms with Crippen molar-refractivity contribution < 1.29 is 23.5 Å². The van der Waals surface area contributed by atoms with Crippen LogP contribution in [0, 0.1) is 18.3 Å². The van der Waals surface area contributed by atoms with Gasteiger partial charge in [-0.3, -0.25) is 14.6 Å². The molecule has 0 saturated heterocycles.